The molecule has 0 saturated carbocycles. The molecule has 1 aromatic rings. The average Bonchev–Trinajstić information content (AvgIpc) is 2.83. The Kier molecular flexibility index (Phi) is 5.56. The number of esters is 1. The number of rotatable bonds is 5. The Hall–Kier alpha value is -2.51. The van der Waals surface area contributed by atoms with Gasteiger partial charge in [-0.15, -0.1) is 0 Å². The van der Waals surface area contributed by atoms with E-state index < -0.39 is 29.7 Å². The maximum Gasteiger partial charge on any atom is 0.408 e. The zero-order valence-electron chi connectivity index (χ0n) is 12.8. The predicted octanol–water partition coefficient (Wildman–Crippen LogP) is 1.59. The van der Waals surface area contributed by atoms with Crippen LogP contribution in [0.1, 0.15) is 37.1 Å². The fourth-order valence-electron chi connectivity index (χ4n) is 1.55. The standard InChI is InChI=1S/C14H19NO7/c1-14(2,3)22-13(19)15-9(11(16)17)7-8-5-6-10(21-8)12(18)20-4/h5-6,9H,7H2,1-4H3,(H,15,19)(H,16,17). The molecule has 0 bridgehead atoms. The molecule has 122 valence electrons. The number of carboxylic acids is 1. The second-order valence-electron chi connectivity index (χ2n) is 5.50. The van der Waals surface area contributed by atoms with Gasteiger partial charge in [-0.3, -0.25) is 0 Å². The van der Waals surface area contributed by atoms with Crippen LogP contribution in [0.25, 0.3) is 0 Å². The summed E-state index contributed by atoms with van der Waals surface area (Å²) in [5, 5.41) is 11.4. The van der Waals surface area contributed by atoms with Crippen molar-refractivity contribution in [1.29, 1.82) is 0 Å². The van der Waals surface area contributed by atoms with Crippen LogP contribution in [0.15, 0.2) is 16.5 Å². The molecule has 1 aromatic heterocycles. The van der Waals surface area contributed by atoms with Gasteiger partial charge in [-0.05, 0) is 32.9 Å². The van der Waals surface area contributed by atoms with Crippen molar-refractivity contribution in [2.24, 2.45) is 0 Å². The molecule has 8 nitrogen and oxygen atoms in total. The number of methoxy groups -OCH3 is 1. The monoisotopic (exact) mass is 313 g/mol. The van der Waals surface area contributed by atoms with Gasteiger partial charge in [0.05, 0.1) is 7.11 Å². The van der Waals surface area contributed by atoms with Gasteiger partial charge in [0.15, 0.2) is 0 Å². The van der Waals surface area contributed by atoms with Crippen molar-refractivity contribution in [3.05, 3.63) is 23.7 Å². The molecule has 1 amide bonds. The second kappa shape index (κ2) is 6.97. The van der Waals surface area contributed by atoms with E-state index in [0.717, 1.165) is 0 Å². The van der Waals surface area contributed by atoms with E-state index in [0.29, 0.717) is 0 Å². The highest BCUT2D eigenvalue weighted by atomic mass is 16.6. The summed E-state index contributed by atoms with van der Waals surface area (Å²) in [6.07, 6.45) is -0.981. The molecule has 0 radical (unpaired) electrons. The van der Waals surface area contributed by atoms with Crippen LogP contribution in [0.2, 0.25) is 0 Å². The number of carbonyl (C=O) groups excluding carboxylic acids is 2. The molecule has 1 heterocycles. The Balaban J connectivity index is 2.72. The highest BCUT2D eigenvalue weighted by molar-refractivity contribution is 5.86. The number of ether oxygens (including phenoxy) is 2. The van der Waals surface area contributed by atoms with Crippen molar-refractivity contribution in [1.82, 2.24) is 5.32 Å². The summed E-state index contributed by atoms with van der Waals surface area (Å²) in [6.45, 7) is 4.99. The summed E-state index contributed by atoms with van der Waals surface area (Å²) in [5.41, 5.74) is -0.740. The Morgan fingerprint density at radius 1 is 1.32 bits per heavy atom. The van der Waals surface area contributed by atoms with Crippen LogP contribution in [0.5, 0.6) is 0 Å². The molecular formula is C14H19NO7. The van der Waals surface area contributed by atoms with Crippen molar-refractivity contribution in [2.75, 3.05) is 7.11 Å². The van der Waals surface area contributed by atoms with Crippen LogP contribution in [0.3, 0.4) is 0 Å². The summed E-state index contributed by atoms with van der Waals surface area (Å²) in [6, 6.07) is 1.57. The highest BCUT2D eigenvalue weighted by Crippen LogP contribution is 2.12. The Bertz CT molecular complexity index is 556. The number of amides is 1. The molecule has 0 aliphatic heterocycles. The zero-order valence-corrected chi connectivity index (χ0v) is 12.8. The number of furan rings is 1. The highest BCUT2D eigenvalue weighted by Gasteiger charge is 2.25. The number of carboxylic acid groups (broad SMARTS) is 1. The van der Waals surface area contributed by atoms with E-state index in [9.17, 15) is 14.4 Å². The van der Waals surface area contributed by atoms with Crippen LogP contribution in [0.4, 0.5) is 4.79 Å². The van der Waals surface area contributed by atoms with Crippen LogP contribution in [0, 0.1) is 0 Å². The third-order valence-electron chi connectivity index (χ3n) is 2.44. The molecule has 1 rings (SSSR count). The van der Waals surface area contributed by atoms with Gasteiger partial charge in [-0.2, -0.15) is 0 Å². The molecule has 1 atom stereocenters. The minimum Gasteiger partial charge on any atom is -0.480 e. The van der Waals surface area contributed by atoms with Crippen molar-refractivity contribution in [3.8, 4) is 0 Å². The Morgan fingerprint density at radius 2 is 1.95 bits per heavy atom. The molecule has 8 heteroatoms. The first kappa shape index (κ1) is 17.5. The largest absolute Gasteiger partial charge is 0.480 e. The van der Waals surface area contributed by atoms with Gasteiger partial charge >= 0.3 is 18.0 Å². The van der Waals surface area contributed by atoms with E-state index >= 15 is 0 Å². The fraction of sp³-hybridized carbons (Fsp3) is 0.500. The zero-order chi connectivity index (χ0) is 16.9. The molecule has 2 N–H and O–H groups in total. The fourth-order valence-corrected chi connectivity index (χ4v) is 1.55. The third kappa shape index (κ3) is 5.47. The Morgan fingerprint density at radius 3 is 2.45 bits per heavy atom. The molecule has 1 unspecified atom stereocenters. The molecule has 22 heavy (non-hydrogen) atoms. The number of hydrogen-bond donors (Lipinski definition) is 2. The molecule has 0 spiro atoms. The number of carbonyl (C=O) groups is 3. The predicted molar refractivity (Wildman–Crippen MR) is 74.5 cm³/mol. The molecule has 0 aromatic carbocycles. The summed E-state index contributed by atoms with van der Waals surface area (Å²) in [4.78, 5) is 34.1. The van der Waals surface area contributed by atoms with Crippen molar-refractivity contribution < 1.29 is 33.4 Å². The van der Waals surface area contributed by atoms with Crippen molar-refractivity contribution in [2.45, 2.75) is 38.8 Å². The van der Waals surface area contributed by atoms with Gasteiger partial charge in [-0.1, -0.05) is 0 Å². The van der Waals surface area contributed by atoms with E-state index in [1.165, 1.54) is 19.2 Å². The lowest BCUT2D eigenvalue weighted by Gasteiger charge is -2.21. The number of aliphatic carboxylic acids is 1. The quantitative estimate of drug-likeness (QED) is 0.793. The van der Waals surface area contributed by atoms with Crippen molar-refractivity contribution in [3.63, 3.8) is 0 Å². The minimum atomic E-state index is -1.25. The molecular weight excluding hydrogens is 294 g/mol. The summed E-state index contributed by atoms with van der Waals surface area (Å²) in [5.74, 6) is -1.73. The van der Waals surface area contributed by atoms with Gasteiger partial charge in [0.25, 0.3) is 0 Å². The lowest BCUT2D eigenvalue weighted by atomic mass is 10.1. The van der Waals surface area contributed by atoms with E-state index in [2.05, 4.69) is 10.1 Å². The normalized spacial score (nSPS) is 12.4. The molecule has 0 aliphatic carbocycles. The van der Waals surface area contributed by atoms with Crippen LogP contribution < -0.4 is 5.32 Å². The third-order valence-corrected chi connectivity index (χ3v) is 2.44. The lowest BCUT2D eigenvalue weighted by Crippen LogP contribution is -2.44. The number of alkyl carbamates (subject to hydrolysis) is 1. The van der Waals surface area contributed by atoms with E-state index in [1.54, 1.807) is 20.8 Å². The maximum atomic E-state index is 11.6. The Labute approximate surface area is 127 Å². The first-order valence-corrected chi connectivity index (χ1v) is 6.51. The van der Waals surface area contributed by atoms with Crippen molar-refractivity contribution >= 4 is 18.0 Å². The number of nitrogens with one attached hydrogen (secondary N) is 1. The van der Waals surface area contributed by atoms with Gasteiger partial charge < -0.3 is 24.3 Å². The van der Waals surface area contributed by atoms with Crippen LogP contribution in [-0.2, 0) is 20.7 Å². The van der Waals surface area contributed by atoms with Gasteiger partial charge in [0, 0.05) is 6.42 Å². The minimum absolute atomic E-state index is 0.0427. The summed E-state index contributed by atoms with van der Waals surface area (Å²) in [7, 11) is 1.20. The van der Waals surface area contributed by atoms with Crippen LogP contribution >= 0.6 is 0 Å². The van der Waals surface area contributed by atoms with Gasteiger partial charge in [0.2, 0.25) is 5.76 Å². The first-order chi connectivity index (χ1) is 10.1. The first-order valence-electron chi connectivity index (χ1n) is 6.51. The van der Waals surface area contributed by atoms with E-state index in [-0.39, 0.29) is 17.9 Å². The molecule has 0 fully saturated rings. The summed E-state index contributed by atoms with van der Waals surface area (Å²) < 4.78 is 14.7. The van der Waals surface area contributed by atoms with Crippen LogP contribution in [-0.4, -0.2) is 41.9 Å². The smallest absolute Gasteiger partial charge is 0.408 e. The van der Waals surface area contributed by atoms with Gasteiger partial charge in [0.1, 0.15) is 17.4 Å². The molecule has 0 saturated heterocycles. The van der Waals surface area contributed by atoms with E-state index in [1.807, 2.05) is 0 Å². The molecule has 0 aliphatic rings. The maximum absolute atomic E-state index is 11.6. The average molecular weight is 313 g/mol. The lowest BCUT2D eigenvalue weighted by molar-refractivity contribution is -0.139. The second-order valence-corrected chi connectivity index (χ2v) is 5.50. The SMILES string of the molecule is COC(=O)c1ccc(CC(NC(=O)OC(C)(C)C)C(=O)O)o1. The van der Waals surface area contributed by atoms with Gasteiger partial charge in [-0.25, -0.2) is 14.4 Å². The van der Waals surface area contributed by atoms with E-state index in [4.69, 9.17) is 14.3 Å². The summed E-state index contributed by atoms with van der Waals surface area (Å²) >= 11 is 0. The topological polar surface area (TPSA) is 115 Å². The number of hydrogen-bond acceptors (Lipinski definition) is 6.